The van der Waals surface area contributed by atoms with E-state index in [0.29, 0.717) is 19.3 Å². The van der Waals surface area contributed by atoms with Crippen molar-refractivity contribution in [1.82, 2.24) is 0 Å². The third-order valence-electron chi connectivity index (χ3n) is 2.45. The van der Waals surface area contributed by atoms with E-state index in [1.807, 2.05) is 18.2 Å². The van der Waals surface area contributed by atoms with Gasteiger partial charge in [-0.3, -0.25) is 4.79 Å². The minimum atomic E-state index is 0.238. The van der Waals surface area contributed by atoms with Gasteiger partial charge in [0.25, 0.3) is 0 Å². The van der Waals surface area contributed by atoms with E-state index in [0.717, 1.165) is 25.7 Å². The van der Waals surface area contributed by atoms with Gasteiger partial charge in [-0.2, -0.15) is 0 Å². The standard InChI is InChI=1S/C15H24O2/c1-3-4-5-6-9-12-15(17)13-10-7-8-11-14(2)16/h4-6,9H,3,7-8,10-13H2,1-2H3. The SMILES string of the molecule is CCC=CC=CCC(=O)CCCCCC(C)=O. The molecular weight excluding hydrogens is 212 g/mol. The minimum Gasteiger partial charge on any atom is -0.300 e. The van der Waals surface area contributed by atoms with Crippen LogP contribution in [0.4, 0.5) is 0 Å². The van der Waals surface area contributed by atoms with Gasteiger partial charge in [0, 0.05) is 19.3 Å². The Balaban J connectivity index is 3.43. The van der Waals surface area contributed by atoms with Gasteiger partial charge in [-0.1, -0.05) is 37.6 Å². The highest BCUT2D eigenvalue weighted by Crippen LogP contribution is 2.05. The lowest BCUT2D eigenvalue weighted by Crippen LogP contribution is -1.96. The van der Waals surface area contributed by atoms with Crippen LogP contribution in [0, 0.1) is 0 Å². The van der Waals surface area contributed by atoms with Gasteiger partial charge in [-0.15, -0.1) is 0 Å². The molecule has 0 unspecified atom stereocenters. The summed E-state index contributed by atoms with van der Waals surface area (Å²) in [4.78, 5) is 22.1. The van der Waals surface area contributed by atoms with E-state index in [1.165, 1.54) is 0 Å². The van der Waals surface area contributed by atoms with E-state index in [9.17, 15) is 9.59 Å². The predicted molar refractivity (Wildman–Crippen MR) is 72.0 cm³/mol. The molecule has 0 aromatic heterocycles. The first-order valence-electron chi connectivity index (χ1n) is 6.49. The van der Waals surface area contributed by atoms with Crippen LogP contribution < -0.4 is 0 Å². The zero-order valence-electron chi connectivity index (χ0n) is 11.1. The molecule has 0 rings (SSSR count). The fourth-order valence-corrected chi connectivity index (χ4v) is 1.47. The Labute approximate surface area is 105 Å². The number of carbonyl (C=O) groups excluding carboxylic acids is 2. The Morgan fingerprint density at radius 2 is 1.59 bits per heavy atom. The van der Waals surface area contributed by atoms with Crippen LogP contribution in [0.5, 0.6) is 0 Å². The summed E-state index contributed by atoms with van der Waals surface area (Å²) in [7, 11) is 0. The fourth-order valence-electron chi connectivity index (χ4n) is 1.47. The van der Waals surface area contributed by atoms with Crippen molar-refractivity contribution < 1.29 is 9.59 Å². The average Bonchev–Trinajstić information content (AvgIpc) is 2.28. The van der Waals surface area contributed by atoms with E-state index < -0.39 is 0 Å². The third-order valence-corrected chi connectivity index (χ3v) is 2.45. The van der Waals surface area contributed by atoms with Crippen LogP contribution in [0.15, 0.2) is 24.3 Å². The van der Waals surface area contributed by atoms with Gasteiger partial charge < -0.3 is 4.79 Å². The van der Waals surface area contributed by atoms with Crippen molar-refractivity contribution in [3.63, 3.8) is 0 Å². The minimum absolute atomic E-state index is 0.238. The van der Waals surface area contributed by atoms with E-state index in [2.05, 4.69) is 13.0 Å². The maximum absolute atomic E-state index is 11.4. The second kappa shape index (κ2) is 11.3. The molecule has 0 bridgehead atoms. The van der Waals surface area contributed by atoms with Crippen LogP contribution in [-0.2, 0) is 9.59 Å². The summed E-state index contributed by atoms with van der Waals surface area (Å²) < 4.78 is 0. The van der Waals surface area contributed by atoms with Crippen LogP contribution in [0.1, 0.15) is 58.8 Å². The number of carbonyl (C=O) groups is 2. The summed E-state index contributed by atoms with van der Waals surface area (Å²) in [5.74, 6) is 0.524. The van der Waals surface area contributed by atoms with Gasteiger partial charge in [0.1, 0.15) is 11.6 Å². The summed E-state index contributed by atoms with van der Waals surface area (Å²) in [5.41, 5.74) is 0. The highest BCUT2D eigenvalue weighted by molar-refractivity contribution is 5.79. The first-order chi connectivity index (χ1) is 8.16. The fraction of sp³-hybridized carbons (Fsp3) is 0.600. The summed E-state index contributed by atoms with van der Waals surface area (Å²) in [6.07, 6.45) is 13.5. The molecule has 2 nitrogen and oxygen atoms in total. The third kappa shape index (κ3) is 12.8. The molecule has 0 aliphatic heterocycles. The largest absolute Gasteiger partial charge is 0.300 e. The Morgan fingerprint density at radius 1 is 0.941 bits per heavy atom. The molecule has 0 aliphatic carbocycles. The second-order valence-corrected chi connectivity index (χ2v) is 4.27. The van der Waals surface area contributed by atoms with Gasteiger partial charge in [-0.05, 0) is 26.2 Å². The highest BCUT2D eigenvalue weighted by atomic mass is 16.1. The summed E-state index contributed by atoms with van der Waals surface area (Å²) in [5, 5.41) is 0. The Hall–Kier alpha value is -1.18. The first kappa shape index (κ1) is 15.8. The lowest BCUT2D eigenvalue weighted by atomic mass is 10.1. The molecular formula is C15H24O2. The maximum Gasteiger partial charge on any atom is 0.136 e. The second-order valence-electron chi connectivity index (χ2n) is 4.27. The lowest BCUT2D eigenvalue weighted by molar-refractivity contribution is -0.118. The number of ketones is 2. The number of rotatable bonds is 10. The molecule has 0 radical (unpaired) electrons. The Bertz CT molecular complexity index is 275. The van der Waals surface area contributed by atoms with E-state index in [-0.39, 0.29) is 11.6 Å². The molecule has 0 saturated heterocycles. The maximum atomic E-state index is 11.4. The van der Waals surface area contributed by atoms with Crippen LogP contribution in [-0.4, -0.2) is 11.6 Å². The number of Topliss-reactive ketones (excluding diaryl/α,β-unsaturated/α-hetero) is 2. The molecule has 0 heterocycles. The molecule has 96 valence electrons. The van der Waals surface area contributed by atoms with Crippen molar-refractivity contribution in [2.45, 2.75) is 58.8 Å². The molecule has 0 spiro atoms. The number of unbranched alkanes of at least 4 members (excludes halogenated alkanes) is 2. The van der Waals surface area contributed by atoms with Gasteiger partial charge in [0.2, 0.25) is 0 Å². The Morgan fingerprint density at radius 3 is 2.24 bits per heavy atom. The molecule has 0 fully saturated rings. The molecule has 0 aromatic rings. The van der Waals surface area contributed by atoms with Crippen LogP contribution >= 0.6 is 0 Å². The molecule has 17 heavy (non-hydrogen) atoms. The van der Waals surface area contributed by atoms with E-state index in [1.54, 1.807) is 6.92 Å². The number of hydrogen-bond donors (Lipinski definition) is 0. The summed E-state index contributed by atoms with van der Waals surface area (Å²) >= 11 is 0. The zero-order chi connectivity index (χ0) is 12.9. The first-order valence-corrected chi connectivity index (χ1v) is 6.49. The van der Waals surface area contributed by atoms with Gasteiger partial charge >= 0.3 is 0 Å². The van der Waals surface area contributed by atoms with Crippen molar-refractivity contribution in [1.29, 1.82) is 0 Å². The van der Waals surface area contributed by atoms with Crippen molar-refractivity contribution in [2.75, 3.05) is 0 Å². The predicted octanol–water partition coefficient (Wildman–Crippen LogP) is 4.01. The van der Waals surface area contributed by atoms with Gasteiger partial charge in [0.05, 0.1) is 0 Å². The smallest absolute Gasteiger partial charge is 0.136 e. The zero-order valence-corrected chi connectivity index (χ0v) is 11.1. The molecule has 0 N–H and O–H groups in total. The topological polar surface area (TPSA) is 34.1 Å². The quantitative estimate of drug-likeness (QED) is 0.424. The van der Waals surface area contributed by atoms with E-state index >= 15 is 0 Å². The van der Waals surface area contributed by atoms with Gasteiger partial charge in [0.15, 0.2) is 0 Å². The van der Waals surface area contributed by atoms with Crippen LogP contribution in [0.3, 0.4) is 0 Å². The van der Waals surface area contributed by atoms with Crippen LogP contribution in [0.2, 0.25) is 0 Å². The molecule has 0 aliphatic rings. The average molecular weight is 236 g/mol. The lowest BCUT2D eigenvalue weighted by Gasteiger charge is -1.98. The number of hydrogen-bond acceptors (Lipinski definition) is 2. The molecule has 0 amide bonds. The molecule has 0 aromatic carbocycles. The number of allylic oxidation sites excluding steroid dienone is 4. The Kier molecular flexibility index (Phi) is 10.5. The molecule has 2 heteroatoms. The van der Waals surface area contributed by atoms with Gasteiger partial charge in [-0.25, -0.2) is 0 Å². The summed E-state index contributed by atoms with van der Waals surface area (Å²) in [6, 6.07) is 0. The van der Waals surface area contributed by atoms with E-state index in [4.69, 9.17) is 0 Å². The normalized spacial score (nSPS) is 11.4. The van der Waals surface area contributed by atoms with Crippen molar-refractivity contribution in [2.24, 2.45) is 0 Å². The molecule has 0 saturated carbocycles. The van der Waals surface area contributed by atoms with Crippen molar-refractivity contribution in [3.8, 4) is 0 Å². The van der Waals surface area contributed by atoms with Crippen molar-refractivity contribution >= 4 is 11.6 Å². The van der Waals surface area contributed by atoms with Crippen LogP contribution in [0.25, 0.3) is 0 Å². The monoisotopic (exact) mass is 236 g/mol. The highest BCUT2D eigenvalue weighted by Gasteiger charge is 1.99. The molecule has 0 atom stereocenters. The van der Waals surface area contributed by atoms with Crippen molar-refractivity contribution in [3.05, 3.63) is 24.3 Å². The summed E-state index contributed by atoms with van der Waals surface area (Å²) in [6.45, 7) is 3.69.